The van der Waals surface area contributed by atoms with E-state index in [1.807, 2.05) is 13.8 Å². The highest BCUT2D eigenvalue weighted by Gasteiger charge is 2.12. The van der Waals surface area contributed by atoms with Crippen molar-refractivity contribution in [2.24, 2.45) is 0 Å². The summed E-state index contributed by atoms with van der Waals surface area (Å²) in [6, 6.07) is 3.22. The Balaban J connectivity index is 2.11. The van der Waals surface area contributed by atoms with Crippen molar-refractivity contribution >= 4 is 45.5 Å². The Bertz CT molecular complexity index is 964. The predicted octanol–water partition coefficient (Wildman–Crippen LogP) is 4.35. The maximum Gasteiger partial charge on any atom is 0.196 e. The molecule has 0 aliphatic heterocycles. The minimum Gasteiger partial charge on any atom is -0.250 e. The van der Waals surface area contributed by atoms with Gasteiger partial charge in [0.2, 0.25) is 0 Å². The van der Waals surface area contributed by atoms with Crippen LogP contribution in [-0.4, -0.2) is 20.2 Å². The van der Waals surface area contributed by atoms with Crippen molar-refractivity contribution in [3.63, 3.8) is 0 Å². The first-order chi connectivity index (χ1) is 10.6. The summed E-state index contributed by atoms with van der Waals surface area (Å²) in [6.45, 7) is 18.0. The number of rotatable bonds is 2. The van der Waals surface area contributed by atoms with Crippen LogP contribution < -0.4 is 0 Å². The smallest absolute Gasteiger partial charge is 0.196 e. The van der Waals surface area contributed by atoms with Crippen LogP contribution in [0.4, 0.5) is 11.4 Å². The van der Waals surface area contributed by atoms with Gasteiger partial charge in [-0.15, -0.1) is 10.2 Å². The standard InChI is InChI=1S/C14H8N6S2/c1-7-13(22-14-20-19-8(2)21-14)18-12-6-10(16-4)9(15-3)5-11(12)17-7/h5-6H,1-2H3. The normalized spacial score (nSPS) is 10.4. The Morgan fingerprint density at radius 1 is 1.00 bits per heavy atom. The predicted molar refractivity (Wildman–Crippen MR) is 85.6 cm³/mol. The van der Waals surface area contributed by atoms with E-state index in [2.05, 4.69) is 29.9 Å². The molecule has 106 valence electrons. The van der Waals surface area contributed by atoms with Crippen molar-refractivity contribution in [2.45, 2.75) is 23.2 Å². The Hall–Kier alpha value is -2.55. The van der Waals surface area contributed by atoms with E-state index >= 15 is 0 Å². The van der Waals surface area contributed by atoms with E-state index in [1.54, 1.807) is 12.1 Å². The van der Waals surface area contributed by atoms with Gasteiger partial charge in [-0.1, -0.05) is 11.3 Å². The molecule has 0 amide bonds. The van der Waals surface area contributed by atoms with Crippen LogP contribution in [0.1, 0.15) is 10.7 Å². The number of hydrogen-bond acceptors (Lipinski definition) is 6. The molecule has 2 heterocycles. The molecule has 0 saturated carbocycles. The highest BCUT2D eigenvalue weighted by atomic mass is 32.2. The number of aromatic nitrogens is 4. The first-order valence-corrected chi connectivity index (χ1v) is 7.79. The summed E-state index contributed by atoms with van der Waals surface area (Å²) in [6.07, 6.45) is 0. The van der Waals surface area contributed by atoms with E-state index in [0.717, 1.165) is 20.1 Å². The lowest BCUT2D eigenvalue weighted by molar-refractivity contribution is 0.975. The highest BCUT2D eigenvalue weighted by molar-refractivity contribution is 8.01. The fraction of sp³-hybridized carbons (Fsp3) is 0.143. The number of nitrogens with zero attached hydrogens (tertiary/aromatic N) is 6. The van der Waals surface area contributed by atoms with Crippen LogP contribution in [0.25, 0.3) is 20.7 Å². The zero-order valence-corrected chi connectivity index (χ0v) is 13.3. The lowest BCUT2D eigenvalue weighted by Crippen LogP contribution is -1.92. The van der Waals surface area contributed by atoms with E-state index in [4.69, 9.17) is 13.1 Å². The van der Waals surface area contributed by atoms with E-state index in [9.17, 15) is 0 Å². The summed E-state index contributed by atoms with van der Waals surface area (Å²) < 4.78 is 0.803. The maximum atomic E-state index is 7.15. The third-order valence-electron chi connectivity index (χ3n) is 2.82. The van der Waals surface area contributed by atoms with Gasteiger partial charge in [-0.3, -0.25) is 14.7 Å². The SMILES string of the molecule is [C-]#[N+]c1cc2nc(C)c(Sc3nnc(C)s3)nc2cc1[N+]#[C-]. The van der Waals surface area contributed by atoms with E-state index in [-0.39, 0.29) is 0 Å². The third kappa shape index (κ3) is 2.62. The molecule has 22 heavy (non-hydrogen) atoms. The molecule has 0 unspecified atom stereocenters. The van der Waals surface area contributed by atoms with Crippen LogP contribution in [0.5, 0.6) is 0 Å². The van der Waals surface area contributed by atoms with Crippen LogP contribution in [0, 0.1) is 27.0 Å². The molecule has 0 radical (unpaired) electrons. The molecule has 0 N–H and O–H groups in total. The van der Waals surface area contributed by atoms with Crippen molar-refractivity contribution in [1.82, 2.24) is 20.2 Å². The van der Waals surface area contributed by atoms with Gasteiger partial charge in [0.25, 0.3) is 0 Å². The summed E-state index contributed by atoms with van der Waals surface area (Å²) in [5, 5.41) is 9.68. The molecule has 0 spiro atoms. The molecule has 8 heteroatoms. The van der Waals surface area contributed by atoms with Gasteiger partial charge in [-0.25, -0.2) is 4.98 Å². The summed E-state index contributed by atoms with van der Waals surface area (Å²) in [4.78, 5) is 15.8. The molecule has 0 saturated heterocycles. The van der Waals surface area contributed by atoms with Crippen molar-refractivity contribution in [1.29, 1.82) is 0 Å². The number of fused-ring (bicyclic) bond motifs is 1. The number of benzene rings is 1. The molecule has 0 bridgehead atoms. The average Bonchev–Trinajstić information content (AvgIpc) is 2.92. The molecule has 3 aromatic rings. The fourth-order valence-corrected chi connectivity index (χ4v) is 3.60. The molecule has 0 aliphatic rings. The average molecular weight is 324 g/mol. The maximum absolute atomic E-state index is 7.15. The zero-order chi connectivity index (χ0) is 15.7. The van der Waals surface area contributed by atoms with Crippen molar-refractivity contribution < 1.29 is 0 Å². The minimum absolute atomic E-state index is 0.295. The van der Waals surface area contributed by atoms with Crippen LogP contribution in [0.15, 0.2) is 21.5 Å². The van der Waals surface area contributed by atoms with Crippen LogP contribution >= 0.6 is 23.1 Å². The van der Waals surface area contributed by atoms with Gasteiger partial charge in [-0.05, 0) is 37.7 Å². The van der Waals surface area contributed by atoms with Crippen LogP contribution in [-0.2, 0) is 0 Å². The zero-order valence-electron chi connectivity index (χ0n) is 11.7. The third-order valence-corrected chi connectivity index (χ3v) is 4.79. The van der Waals surface area contributed by atoms with Crippen molar-refractivity contribution in [3.8, 4) is 0 Å². The van der Waals surface area contributed by atoms with Gasteiger partial charge < -0.3 is 0 Å². The van der Waals surface area contributed by atoms with Crippen molar-refractivity contribution in [2.75, 3.05) is 0 Å². The highest BCUT2D eigenvalue weighted by Crippen LogP contribution is 2.35. The first-order valence-electron chi connectivity index (χ1n) is 6.16. The molecular weight excluding hydrogens is 316 g/mol. The molecule has 0 aliphatic carbocycles. The Kier molecular flexibility index (Phi) is 3.72. The molecule has 0 atom stereocenters. The summed E-state index contributed by atoms with van der Waals surface area (Å²) in [5.41, 5.74) is 2.58. The van der Waals surface area contributed by atoms with E-state index < -0.39 is 0 Å². The Morgan fingerprint density at radius 2 is 1.64 bits per heavy atom. The Morgan fingerprint density at radius 3 is 2.18 bits per heavy atom. The van der Waals surface area contributed by atoms with Gasteiger partial charge in [0.15, 0.2) is 15.7 Å². The number of hydrogen-bond donors (Lipinski definition) is 0. The molecule has 2 aromatic heterocycles. The summed E-state index contributed by atoms with van der Waals surface area (Å²) in [7, 11) is 0. The van der Waals surface area contributed by atoms with Crippen LogP contribution in [0.3, 0.4) is 0 Å². The van der Waals surface area contributed by atoms with Crippen LogP contribution in [0.2, 0.25) is 0 Å². The minimum atomic E-state index is 0.295. The van der Waals surface area contributed by atoms with Gasteiger partial charge in [0, 0.05) is 0 Å². The molecular formula is C14H8N6S2. The van der Waals surface area contributed by atoms with Gasteiger partial charge in [0.05, 0.1) is 29.9 Å². The lowest BCUT2D eigenvalue weighted by Gasteiger charge is -2.05. The van der Waals surface area contributed by atoms with Crippen molar-refractivity contribution in [3.05, 3.63) is 45.7 Å². The monoisotopic (exact) mass is 324 g/mol. The largest absolute Gasteiger partial charge is 0.250 e. The Labute approximate surface area is 134 Å². The fourth-order valence-electron chi connectivity index (χ4n) is 1.83. The topological polar surface area (TPSA) is 60.3 Å². The molecule has 3 rings (SSSR count). The van der Waals surface area contributed by atoms with Gasteiger partial charge in [0.1, 0.15) is 10.0 Å². The lowest BCUT2D eigenvalue weighted by atomic mass is 10.2. The molecule has 1 aromatic carbocycles. The quantitative estimate of drug-likeness (QED) is 0.656. The second-order valence-corrected chi connectivity index (χ2v) is 6.77. The second kappa shape index (κ2) is 5.68. The van der Waals surface area contributed by atoms with E-state index in [0.29, 0.717) is 22.4 Å². The summed E-state index contributed by atoms with van der Waals surface area (Å²) >= 11 is 2.90. The van der Waals surface area contributed by atoms with Gasteiger partial charge in [-0.2, -0.15) is 0 Å². The number of aryl methyl sites for hydroxylation is 2. The first kappa shape index (κ1) is 14.4. The summed E-state index contributed by atoms with van der Waals surface area (Å²) in [5.74, 6) is 0. The molecule has 0 fully saturated rings. The molecule has 6 nitrogen and oxygen atoms in total. The van der Waals surface area contributed by atoms with E-state index in [1.165, 1.54) is 23.1 Å². The second-order valence-electron chi connectivity index (χ2n) is 4.36. The van der Waals surface area contributed by atoms with Gasteiger partial charge >= 0.3 is 0 Å².